The van der Waals surface area contributed by atoms with E-state index >= 15 is 0 Å². The third kappa shape index (κ3) is 1.41. The molecule has 1 fully saturated rings. The number of nitrogens with zero attached hydrogens (tertiary/aromatic N) is 1. The van der Waals surface area contributed by atoms with Gasteiger partial charge in [-0.2, -0.15) is 5.06 Å². The molecule has 5 heteroatoms. The number of rotatable bonds is 0. The third-order valence-corrected chi connectivity index (χ3v) is 2.33. The van der Waals surface area contributed by atoms with Crippen LogP contribution in [-0.4, -0.2) is 27.7 Å². The van der Waals surface area contributed by atoms with Gasteiger partial charge in [-0.3, -0.25) is 4.79 Å². The van der Waals surface area contributed by atoms with E-state index in [9.17, 15) is 4.79 Å². The smallest absolute Gasteiger partial charge is 0.268 e. The lowest BCUT2D eigenvalue weighted by Crippen LogP contribution is -2.39. The van der Waals surface area contributed by atoms with Crippen LogP contribution in [0.25, 0.3) is 0 Å². The van der Waals surface area contributed by atoms with E-state index in [0.717, 1.165) is 0 Å². The SMILES string of the molecule is CC1SC(=S)ON(C)C1=O. The molecule has 0 aromatic heterocycles. The van der Waals surface area contributed by atoms with Crippen molar-refractivity contribution < 1.29 is 9.63 Å². The van der Waals surface area contributed by atoms with Crippen molar-refractivity contribution in [2.24, 2.45) is 0 Å². The first-order chi connectivity index (χ1) is 4.61. The van der Waals surface area contributed by atoms with Crippen LogP contribution in [0.1, 0.15) is 6.92 Å². The standard InChI is InChI=1S/C5H7NO2S2/c1-3-4(7)6(2)8-5(9)10-3/h3H,1-2H3. The molecule has 1 amide bonds. The summed E-state index contributed by atoms with van der Waals surface area (Å²) >= 11 is 6.03. The number of thiocarbonyl (C=S) groups is 1. The lowest BCUT2D eigenvalue weighted by molar-refractivity contribution is -0.154. The Morgan fingerprint density at radius 3 is 2.90 bits per heavy atom. The summed E-state index contributed by atoms with van der Waals surface area (Å²) in [6.45, 7) is 1.80. The van der Waals surface area contributed by atoms with Gasteiger partial charge in [0.25, 0.3) is 10.3 Å². The van der Waals surface area contributed by atoms with E-state index in [0.29, 0.717) is 4.38 Å². The van der Waals surface area contributed by atoms with Gasteiger partial charge >= 0.3 is 0 Å². The first kappa shape index (κ1) is 7.81. The molecule has 0 aromatic carbocycles. The average Bonchev–Trinajstić information content (AvgIpc) is 1.82. The molecular formula is C5H7NO2S2. The molecule has 1 atom stereocenters. The lowest BCUT2D eigenvalue weighted by atomic mass is 10.4. The minimum Gasteiger partial charge on any atom is -0.358 e. The van der Waals surface area contributed by atoms with Crippen molar-refractivity contribution in [3.63, 3.8) is 0 Å². The zero-order valence-corrected chi connectivity index (χ0v) is 7.29. The number of thioether (sulfide) groups is 1. The maximum Gasteiger partial charge on any atom is 0.268 e. The van der Waals surface area contributed by atoms with Gasteiger partial charge in [0.15, 0.2) is 0 Å². The molecular weight excluding hydrogens is 170 g/mol. The van der Waals surface area contributed by atoms with E-state index in [-0.39, 0.29) is 11.2 Å². The fourth-order valence-electron chi connectivity index (χ4n) is 0.629. The maximum atomic E-state index is 11.0. The molecule has 0 aliphatic carbocycles. The molecule has 0 bridgehead atoms. The molecule has 1 unspecified atom stereocenters. The molecule has 3 nitrogen and oxygen atoms in total. The first-order valence-corrected chi connectivity index (χ1v) is 4.06. The second-order valence-electron chi connectivity index (χ2n) is 1.94. The Bertz CT molecular complexity index is 166. The summed E-state index contributed by atoms with van der Waals surface area (Å²) in [5, 5.41) is 1.06. The van der Waals surface area contributed by atoms with E-state index in [1.165, 1.54) is 16.8 Å². The summed E-state index contributed by atoms with van der Waals surface area (Å²) in [6.07, 6.45) is 0. The fraction of sp³-hybridized carbons (Fsp3) is 0.600. The Morgan fingerprint density at radius 2 is 2.40 bits per heavy atom. The molecule has 1 aliphatic rings. The molecule has 10 heavy (non-hydrogen) atoms. The van der Waals surface area contributed by atoms with Gasteiger partial charge in [0.1, 0.15) is 0 Å². The summed E-state index contributed by atoms with van der Waals surface area (Å²) in [4.78, 5) is 15.8. The van der Waals surface area contributed by atoms with Gasteiger partial charge in [0, 0.05) is 7.05 Å². The van der Waals surface area contributed by atoms with Crippen molar-refractivity contribution in [3.8, 4) is 0 Å². The summed E-state index contributed by atoms with van der Waals surface area (Å²) in [5.41, 5.74) is 0. The number of carbonyl (C=O) groups is 1. The molecule has 0 N–H and O–H groups in total. The second kappa shape index (κ2) is 2.75. The molecule has 1 aliphatic heterocycles. The van der Waals surface area contributed by atoms with Crippen molar-refractivity contribution >= 4 is 34.3 Å². The van der Waals surface area contributed by atoms with Crippen LogP contribution in [-0.2, 0) is 9.63 Å². The largest absolute Gasteiger partial charge is 0.358 e. The molecule has 1 saturated heterocycles. The monoisotopic (exact) mass is 177 g/mol. The maximum absolute atomic E-state index is 11.0. The van der Waals surface area contributed by atoms with Gasteiger partial charge in [-0.05, 0) is 19.1 Å². The number of carbonyl (C=O) groups excluding carboxylic acids is 1. The highest BCUT2D eigenvalue weighted by atomic mass is 32.2. The third-order valence-electron chi connectivity index (χ3n) is 1.14. The average molecular weight is 177 g/mol. The molecule has 1 heterocycles. The normalized spacial score (nSPS) is 26.6. The van der Waals surface area contributed by atoms with Crippen molar-refractivity contribution in [1.29, 1.82) is 0 Å². The van der Waals surface area contributed by atoms with Gasteiger partial charge in [0.2, 0.25) is 0 Å². The predicted octanol–water partition coefficient (Wildman–Crippen LogP) is 0.797. The molecule has 0 saturated carbocycles. The van der Waals surface area contributed by atoms with E-state index in [4.69, 9.17) is 17.1 Å². The number of amides is 1. The summed E-state index contributed by atoms with van der Waals surface area (Å²) in [6, 6.07) is 0. The highest BCUT2D eigenvalue weighted by Gasteiger charge is 2.27. The van der Waals surface area contributed by atoms with Crippen LogP contribution >= 0.6 is 24.0 Å². The molecule has 0 radical (unpaired) electrons. The Balaban J connectivity index is 2.66. The van der Waals surface area contributed by atoms with Crippen molar-refractivity contribution in [2.45, 2.75) is 12.2 Å². The van der Waals surface area contributed by atoms with Gasteiger partial charge < -0.3 is 4.84 Å². The van der Waals surface area contributed by atoms with E-state index < -0.39 is 0 Å². The summed E-state index contributed by atoms with van der Waals surface area (Å²) < 4.78 is 0.412. The van der Waals surface area contributed by atoms with Crippen LogP contribution in [0.5, 0.6) is 0 Å². The fourth-order valence-corrected chi connectivity index (χ4v) is 1.87. The molecule has 1 rings (SSSR count). The van der Waals surface area contributed by atoms with Gasteiger partial charge in [-0.1, -0.05) is 11.8 Å². The van der Waals surface area contributed by atoms with Gasteiger partial charge in [-0.15, -0.1) is 0 Å². The molecule has 56 valence electrons. The predicted molar refractivity (Wildman–Crippen MR) is 43.5 cm³/mol. The minimum absolute atomic E-state index is 0.0430. The highest BCUT2D eigenvalue weighted by molar-refractivity contribution is 8.23. The topological polar surface area (TPSA) is 29.5 Å². The van der Waals surface area contributed by atoms with Crippen LogP contribution in [0, 0.1) is 0 Å². The molecule has 0 aromatic rings. The molecule has 0 spiro atoms. The van der Waals surface area contributed by atoms with Crippen LogP contribution < -0.4 is 0 Å². The number of hydrogen-bond donors (Lipinski definition) is 0. The van der Waals surface area contributed by atoms with Crippen molar-refractivity contribution in [1.82, 2.24) is 5.06 Å². The van der Waals surface area contributed by atoms with E-state index in [1.54, 1.807) is 14.0 Å². The quantitative estimate of drug-likeness (QED) is 0.512. The Labute approximate surface area is 68.7 Å². The van der Waals surface area contributed by atoms with Gasteiger partial charge in [0.05, 0.1) is 5.25 Å². The number of hydroxylamine groups is 2. The van der Waals surface area contributed by atoms with Crippen LogP contribution in [0.15, 0.2) is 0 Å². The van der Waals surface area contributed by atoms with Crippen molar-refractivity contribution in [2.75, 3.05) is 7.05 Å². The van der Waals surface area contributed by atoms with Crippen LogP contribution in [0.4, 0.5) is 0 Å². The zero-order chi connectivity index (χ0) is 7.72. The highest BCUT2D eigenvalue weighted by Crippen LogP contribution is 2.21. The van der Waals surface area contributed by atoms with E-state index in [1.807, 2.05) is 0 Å². The zero-order valence-electron chi connectivity index (χ0n) is 5.66. The van der Waals surface area contributed by atoms with Gasteiger partial charge in [-0.25, -0.2) is 0 Å². The Hall–Kier alpha value is -0.290. The van der Waals surface area contributed by atoms with Crippen LogP contribution in [0.3, 0.4) is 0 Å². The summed E-state index contributed by atoms with van der Waals surface area (Å²) in [5.74, 6) is -0.0430. The Kier molecular flexibility index (Phi) is 2.15. The first-order valence-electron chi connectivity index (χ1n) is 2.77. The minimum atomic E-state index is -0.105. The lowest BCUT2D eigenvalue weighted by Gasteiger charge is -2.25. The Morgan fingerprint density at radius 1 is 1.80 bits per heavy atom. The number of hydrogen-bond acceptors (Lipinski definition) is 4. The summed E-state index contributed by atoms with van der Waals surface area (Å²) in [7, 11) is 1.56. The second-order valence-corrected chi connectivity index (χ2v) is 3.88. The van der Waals surface area contributed by atoms with Crippen molar-refractivity contribution in [3.05, 3.63) is 0 Å². The van der Waals surface area contributed by atoms with Crippen LogP contribution in [0.2, 0.25) is 0 Å². The van der Waals surface area contributed by atoms with E-state index in [2.05, 4.69) is 0 Å².